The average Bonchev–Trinajstić information content (AvgIpc) is 2.28. The highest BCUT2D eigenvalue weighted by molar-refractivity contribution is 14.1. The van der Waals surface area contributed by atoms with Crippen molar-refractivity contribution >= 4 is 49.4 Å². The molecule has 0 bridgehead atoms. The molecule has 0 N–H and O–H groups in total. The zero-order valence-corrected chi connectivity index (χ0v) is 10.3. The number of hydrogen-bond donors (Lipinski definition) is 0. The third-order valence-corrected chi connectivity index (χ3v) is 3.26. The van der Waals surface area contributed by atoms with Crippen LogP contribution >= 0.6 is 38.5 Å². The second-order valence-electron chi connectivity index (χ2n) is 2.75. The van der Waals surface area contributed by atoms with E-state index in [-0.39, 0.29) is 0 Å². The molecule has 1 heterocycles. The minimum atomic E-state index is 1.14. The van der Waals surface area contributed by atoms with Crippen LogP contribution in [-0.2, 0) is 7.05 Å². The number of benzene rings is 1. The maximum absolute atomic E-state index is 3.46. The number of halogens is 2. The van der Waals surface area contributed by atoms with Gasteiger partial charge < -0.3 is 4.57 Å². The van der Waals surface area contributed by atoms with Crippen molar-refractivity contribution in [2.24, 2.45) is 7.05 Å². The Kier molecular flexibility index (Phi) is 2.16. The van der Waals surface area contributed by atoms with Crippen molar-refractivity contribution in [3.63, 3.8) is 0 Å². The maximum atomic E-state index is 3.46. The van der Waals surface area contributed by atoms with Gasteiger partial charge in [0, 0.05) is 32.2 Å². The van der Waals surface area contributed by atoms with E-state index in [0.29, 0.717) is 0 Å². The summed E-state index contributed by atoms with van der Waals surface area (Å²) in [5.74, 6) is 0. The Balaban J connectivity index is 2.90. The molecule has 2 aromatic rings. The van der Waals surface area contributed by atoms with E-state index in [0.717, 1.165) is 4.47 Å². The first kappa shape index (κ1) is 8.56. The van der Waals surface area contributed by atoms with E-state index >= 15 is 0 Å². The Morgan fingerprint density at radius 3 is 2.92 bits per heavy atom. The topological polar surface area (TPSA) is 4.93 Å². The van der Waals surface area contributed by atoms with Gasteiger partial charge in [0.1, 0.15) is 0 Å². The van der Waals surface area contributed by atoms with E-state index in [1.165, 1.54) is 14.5 Å². The van der Waals surface area contributed by atoms with Crippen molar-refractivity contribution in [2.45, 2.75) is 0 Å². The highest BCUT2D eigenvalue weighted by atomic mass is 127. The molecule has 12 heavy (non-hydrogen) atoms. The fourth-order valence-corrected chi connectivity index (χ4v) is 2.53. The van der Waals surface area contributed by atoms with Gasteiger partial charge in [-0.15, -0.1) is 0 Å². The Labute approximate surface area is 93.0 Å². The molecule has 3 heteroatoms. The molecule has 0 aliphatic heterocycles. The average molecular weight is 336 g/mol. The van der Waals surface area contributed by atoms with Crippen LogP contribution in [0.2, 0.25) is 0 Å². The minimum Gasteiger partial charge on any atom is -0.349 e. The van der Waals surface area contributed by atoms with E-state index in [4.69, 9.17) is 0 Å². The molecular weight excluding hydrogens is 329 g/mol. The SMILES string of the molecule is Cn1cc(I)c2cc(Br)ccc21. The Morgan fingerprint density at radius 2 is 2.17 bits per heavy atom. The maximum Gasteiger partial charge on any atom is 0.0489 e. The molecule has 0 spiro atoms. The summed E-state index contributed by atoms with van der Waals surface area (Å²) in [4.78, 5) is 0. The zero-order chi connectivity index (χ0) is 8.72. The second kappa shape index (κ2) is 3.03. The van der Waals surface area contributed by atoms with Crippen LogP contribution in [0, 0.1) is 3.57 Å². The van der Waals surface area contributed by atoms with Crippen LogP contribution in [0.5, 0.6) is 0 Å². The first-order chi connectivity index (χ1) is 5.68. The lowest BCUT2D eigenvalue weighted by Crippen LogP contribution is -1.82. The first-order valence-electron chi connectivity index (χ1n) is 3.58. The summed E-state index contributed by atoms with van der Waals surface area (Å²) in [5, 5.41) is 1.31. The number of aromatic nitrogens is 1. The smallest absolute Gasteiger partial charge is 0.0489 e. The fraction of sp³-hybridized carbons (Fsp3) is 0.111. The molecule has 2 rings (SSSR count). The number of hydrogen-bond acceptors (Lipinski definition) is 0. The summed E-state index contributed by atoms with van der Waals surface area (Å²) in [5.41, 5.74) is 1.28. The molecular formula is C9H7BrIN. The van der Waals surface area contributed by atoms with Gasteiger partial charge in [0.05, 0.1) is 0 Å². The van der Waals surface area contributed by atoms with Crippen molar-refractivity contribution in [2.75, 3.05) is 0 Å². The largest absolute Gasteiger partial charge is 0.349 e. The Hall–Kier alpha value is -0.0300. The van der Waals surface area contributed by atoms with Crippen molar-refractivity contribution in [3.8, 4) is 0 Å². The van der Waals surface area contributed by atoms with Crippen molar-refractivity contribution in [1.29, 1.82) is 0 Å². The van der Waals surface area contributed by atoms with E-state index in [2.05, 4.69) is 74.5 Å². The molecule has 0 unspecified atom stereocenters. The normalized spacial score (nSPS) is 10.9. The zero-order valence-electron chi connectivity index (χ0n) is 6.51. The lowest BCUT2D eigenvalue weighted by molar-refractivity contribution is 0.966. The third-order valence-electron chi connectivity index (χ3n) is 1.90. The monoisotopic (exact) mass is 335 g/mol. The van der Waals surface area contributed by atoms with Crippen LogP contribution in [0.4, 0.5) is 0 Å². The molecule has 0 saturated heterocycles. The summed E-state index contributed by atoms with van der Waals surface area (Å²) in [6.07, 6.45) is 2.14. The lowest BCUT2D eigenvalue weighted by atomic mass is 10.2. The third kappa shape index (κ3) is 1.29. The highest BCUT2D eigenvalue weighted by Crippen LogP contribution is 2.25. The second-order valence-corrected chi connectivity index (χ2v) is 4.83. The minimum absolute atomic E-state index is 1.14. The van der Waals surface area contributed by atoms with Gasteiger partial charge in [-0.05, 0) is 40.8 Å². The van der Waals surface area contributed by atoms with Gasteiger partial charge >= 0.3 is 0 Å². The molecule has 1 aromatic carbocycles. The van der Waals surface area contributed by atoms with Gasteiger partial charge in [-0.1, -0.05) is 15.9 Å². The predicted molar refractivity (Wildman–Crippen MR) is 63.3 cm³/mol. The summed E-state index contributed by atoms with van der Waals surface area (Å²) in [7, 11) is 2.07. The van der Waals surface area contributed by atoms with Crippen molar-refractivity contribution < 1.29 is 0 Å². The van der Waals surface area contributed by atoms with Crippen LogP contribution in [-0.4, -0.2) is 4.57 Å². The van der Waals surface area contributed by atoms with Gasteiger partial charge in [-0.25, -0.2) is 0 Å². The Morgan fingerprint density at radius 1 is 1.42 bits per heavy atom. The van der Waals surface area contributed by atoms with Crippen LogP contribution in [0.15, 0.2) is 28.9 Å². The van der Waals surface area contributed by atoms with E-state index in [9.17, 15) is 0 Å². The van der Waals surface area contributed by atoms with Gasteiger partial charge in [0.25, 0.3) is 0 Å². The van der Waals surface area contributed by atoms with Crippen LogP contribution in [0.3, 0.4) is 0 Å². The van der Waals surface area contributed by atoms with E-state index in [1.807, 2.05) is 0 Å². The number of aryl methyl sites for hydroxylation is 1. The molecule has 0 atom stereocenters. The molecule has 62 valence electrons. The van der Waals surface area contributed by atoms with Crippen molar-refractivity contribution in [1.82, 2.24) is 4.57 Å². The number of fused-ring (bicyclic) bond motifs is 1. The number of nitrogens with zero attached hydrogens (tertiary/aromatic N) is 1. The van der Waals surface area contributed by atoms with Crippen molar-refractivity contribution in [3.05, 3.63) is 32.4 Å². The quantitative estimate of drug-likeness (QED) is 0.649. The number of rotatable bonds is 0. The van der Waals surface area contributed by atoms with E-state index < -0.39 is 0 Å². The summed E-state index contributed by atoms with van der Waals surface area (Å²) >= 11 is 5.82. The van der Waals surface area contributed by atoms with Crippen LogP contribution < -0.4 is 0 Å². The van der Waals surface area contributed by atoms with E-state index in [1.54, 1.807) is 0 Å². The molecule has 0 aliphatic rings. The predicted octanol–water partition coefficient (Wildman–Crippen LogP) is 3.55. The fourth-order valence-electron chi connectivity index (χ4n) is 1.32. The van der Waals surface area contributed by atoms with Gasteiger partial charge in [-0.3, -0.25) is 0 Å². The summed E-state index contributed by atoms with van der Waals surface area (Å²) in [6.45, 7) is 0. The molecule has 1 aromatic heterocycles. The standard InChI is InChI=1S/C9H7BrIN/c1-12-5-8(11)7-4-6(10)2-3-9(7)12/h2-5H,1H3. The highest BCUT2D eigenvalue weighted by Gasteiger charge is 2.02. The molecule has 0 fully saturated rings. The molecule has 1 nitrogen and oxygen atoms in total. The summed E-state index contributed by atoms with van der Waals surface area (Å²) < 4.78 is 4.58. The molecule has 0 amide bonds. The summed E-state index contributed by atoms with van der Waals surface area (Å²) in [6, 6.07) is 6.34. The first-order valence-corrected chi connectivity index (χ1v) is 5.46. The molecule has 0 saturated carbocycles. The lowest BCUT2D eigenvalue weighted by Gasteiger charge is -1.95. The Bertz CT molecular complexity index is 433. The van der Waals surface area contributed by atoms with Crippen LogP contribution in [0.25, 0.3) is 10.9 Å². The van der Waals surface area contributed by atoms with Crippen LogP contribution in [0.1, 0.15) is 0 Å². The molecule has 0 aliphatic carbocycles. The van der Waals surface area contributed by atoms with Gasteiger partial charge in [0.2, 0.25) is 0 Å². The molecule has 0 radical (unpaired) electrons. The van der Waals surface area contributed by atoms with Gasteiger partial charge in [-0.2, -0.15) is 0 Å². The van der Waals surface area contributed by atoms with Gasteiger partial charge in [0.15, 0.2) is 0 Å².